The molecule has 3 saturated heterocycles. The molecule has 5 amide bonds. The fraction of sp³-hybridized carbons (Fsp3) is 0.688. The maximum Gasteiger partial charge on any atom is 0.434 e. The molecule has 0 spiro atoms. The minimum Gasteiger partial charge on any atom is -0.311 e. The highest BCUT2D eigenvalue weighted by atomic mass is 16.7. The van der Waals surface area contributed by atoms with Crippen LogP contribution in [0.15, 0.2) is 0 Å². The normalized spacial score (nSPS) is 25.3. The Morgan fingerprint density at radius 1 is 1.04 bits per heavy atom. The second kappa shape index (κ2) is 6.81. The van der Waals surface area contributed by atoms with Gasteiger partial charge in [-0.15, -0.1) is 5.06 Å². The van der Waals surface area contributed by atoms with Gasteiger partial charge in [0, 0.05) is 44.8 Å². The van der Waals surface area contributed by atoms with Crippen LogP contribution >= 0.6 is 0 Å². The summed E-state index contributed by atoms with van der Waals surface area (Å²) in [6.45, 7) is 2.92. The van der Waals surface area contributed by atoms with E-state index in [2.05, 4.69) is 0 Å². The standard InChI is InChI=1S/C16H21N3O6/c1-10-8-14(22)18(15(10)23)9-11-4-6-17(7-5-11)16(24)25-19-12(20)2-3-13(19)21/h10-11H,2-9H2,1H3. The number of carbonyl (C=O) groups excluding carboxylic acids is 5. The summed E-state index contributed by atoms with van der Waals surface area (Å²) >= 11 is 0. The number of carbonyl (C=O) groups is 5. The van der Waals surface area contributed by atoms with Crippen LogP contribution in [0.3, 0.4) is 0 Å². The van der Waals surface area contributed by atoms with Crippen LogP contribution in [0.1, 0.15) is 39.0 Å². The minimum atomic E-state index is -0.719. The third-order valence-electron chi connectivity index (χ3n) is 4.96. The Hall–Kier alpha value is -2.45. The molecule has 136 valence electrons. The topological polar surface area (TPSA) is 104 Å². The van der Waals surface area contributed by atoms with E-state index in [1.807, 2.05) is 0 Å². The van der Waals surface area contributed by atoms with Crippen molar-refractivity contribution in [1.82, 2.24) is 14.9 Å². The Labute approximate surface area is 144 Å². The molecule has 1 unspecified atom stereocenters. The van der Waals surface area contributed by atoms with Crippen molar-refractivity contribution in [2.24, 2.45) is 11.8 Å². The summed E-state index contributed by atoms with van der Waals surface area (Å²) in [4.78, 5) is 66.5. The maximum atomic E-state index is 12.1. The number of hydrogen-bond acceptors (Lipinski definition) is 6. The Bertz CT molecular complexity index is 609. The number of hydroxylamine groups is 2. The first-order chi connectivity index (χ1) is 11.9. The zero-order valence-electron chi connectivity index (χ0n) is 14.1. The molecule has 0 saturated carbocycles. The highest BCUT2D eigenvalue weighted by Gasteiger charge is 2.38. The van der Waals surface area contributed by atoms with Gasteiger partial charge >= 0.3 is 6.09 Å². The average molecular weight is 351 g/mol. The fourth-order valence-electron chi connectivity index (χ4n) is 3.39. The lowest BCUT2D eigenvalue weighted by atomic mass is 9.96. The van der Waals surface area contributed by atoms with Crippen LogP contribution in [0.25, 0.3) is 0 Å². The Morgan fingerprint density at radius 3 is 2.16 bits per heavy atom. The predicted octanol–water partition coefficient (Wildman–Crippen LogP) is 0.294. The van der Waals surface area contributed by atoms with Crippen LogP contribution in [0.5, 0.6) is 0 Å². The molecule has 1 atom stereocenters. The molecular weight excluding hydrogens is 330 g/mol. The van der Waals surface area contributed by atoms with E-state index in [-0.39, 0.29) is 42.9 Å². The summed E-state index contributed by atoms with van der Waals surface area (Å²) in [5.41, 5.74) is 0. The summed E-state index contributed by atoms with van der Waals surface area (Å²) in [5, 5.41) is 0.539. The number of amides is 5. The first-order valence-electron chi connectivity index (χ1n) is 8.53. The molecule has 0 aromatic rings. The molecule has 0 radical (unpaired) electrons. The molecule has 0 aromatic carbocycles. The van der Waals surface area contributed by atoms with Crippen LogP contribution < -0.4 is 0 Å². The minimum absolute atomic E-state index is 0.0600. The Morgan fingerprint density at radius 2 is 1.64 bits per heavy atom. The molecule has 9 nitrogen and oxygen atoms in total. The van der Waals surface area contributed by atoms with Gasteiger partial charge in [0.05, 0.1) is 0 Å². The van der Waals surface area contributed by atoms with E-state index in [0.717, 1.165) is 0 Å². The molecule has 0 aliphatic carbocycles. The van der Waals surface area contributed by atoms with Gasteiger partial charge in [-0.25, -0.2) is 4.79 Å². The highest BCUT2D eigenvalue weighted by Crippen LogP contribution is 2.25. The zero-order valence-corrected chi connectivity index (χ0v) is 14.1. The molecule has 0 aromatic heterocycles. The van der Waals surface area contributed by atoms with Crippen molar-refractivity contribution >= 4 is 29.7 Å². The second-order valence-electron chi connectivity index (χ2n) is 6.82. The summed E-state index contributed by atoms with van der Waals surface area (Å²) in [6.07, 6.45) is 0.922. The lowest BCUT2D eigenvalue weighted by molar-refractivity contribution is -0.174. The average Bonchev–Trinajstić information content (AvgIpc) is 3.02. The van der Waals surface area contributed by atoms with Gasteiger partial charge in [-0.05, 0) is 18.8 Å². The van der Waals surface area contributed by atoms with Crippen molar-refractivity contribution in [2.45, 2.75) is 39.0 Å². The fourth-order valence-corrected chi connectivity index (χ4v) is 3.39. The number of rotatable bonds is 3. The number of piperidine rings is 1. The Balaban J connectivity index is 1.48. The number of hydrogen-bond donors (Lipinski definition) is 0. The van der Waals surface area contributed by atoms with E-state index in [9.17, 15) is 24.0 Å². The predicted molar refractivity (Wildman–Crippen MR) is 82.4 cm³/mol. The van der Waals surface area contributed by atoms with Crippen LogP contribution in [0.4, 0.5) is 4.79 Å². The third-order valence-corrected chi connectivity index (χ3v) is 4.96. The van der Waals surface area contributed by atoms with Gasteiger partial charge < -0.3 is 9.74 Å². The Kier molecular flexibility index (Phi) is 4.73. The maximum absolute atomic E-state index is 12.1. The third kappa shape index (κ3) is 3.49. The van der Waals surface area contributed by atoms with Crippen molar-refractivity contribution < 1.29 is 28.8 Å². The van der Waals surface area contributed by atoms with Gasteiger partial charge in [-0.1, -0.05) is 6.92 Å². The van der Waals surface area contributed by atoms with Crippen LogP contribution in [-0.2, 0) is 24.0 Å². The van der Waals surface area contributed by atoms with Crippen LogP contribution in [0.2, 0.25) is 0 Å². The number of nitrogens with zero attached hydrogens (tertiary/aromatic N) is 3. The summed E-state index contributed by atoms with van der Waals surface area (Å²) in [5.74, 6) is -1.39. The second-order valence-corrected chi connectivity index (χ2v) is 6.82. The quantitative estimate of drug-likeness (QED) is 0.677. The van der Waals surface area contributed by atoms with Gasteiger partial charge in [0.1, 0.15) is 0 Å². The van der Waals surface area contributed by atoms with Gasteiger partial charge in [-0.2, -0.15) is 0 Å². The van der Waals surface area contributed by atoms with E-state index in [4.69, 9.17) is 4.84 Å². The summed E-state index contributed by atoms with van der Waals surface area (Å²) in [6, 6.07) is 0. The lowest BCUT2D eigenvalue weighted by Gasteiger charge is -2.33. The van der Waals surface area contributed by atoms with E-state index in [1.165, 1.54) is 9.80 Å². The summed E-state index contributed by atoms with van der Waals surface area (Å²) < 4.78 is 0. The van der Waals surface area contributed by atoms with Crippen LogP contribution in [0, 0.1) is 11.8 Å². The van der Waals surface area contributed by atoms with E-state index >= 15 is 0 Å². The van der Waals surface area contributed by atoms with Gasteiger partial charge in [0.2, 0.25) is 11.8 Å². The van der Waals surface area contributed by atoms with Gasteiger partial charge in [0.15, 0.2) is 0 Å². The van der Waals surface area contributed by atoms with Crippen molar-refractivity contribution in [1.29, 1.82) is 0 Å². The molecule has 3 heterocycles. The van der Waals surface area contributed by atoms with Gasteiger partial charge in [0.25, 0.3) is 11.8 Å². The molecule has 3 rings (SSSR count). The molecular formula is C16H21N3O6. The molecule has 3 aliphatic heterocycles. The highest BCUT2D eigenvalue weighted by molar-refractivity contribution is 6.03. The van der Waals surface area contributed by atoms with Crippen molar-refractivity contribution in [3.8, 4) is 0 Å². The number of likely N-dealkylation sites (tertiary alicyclic amines) is 2. The van der Waals surface area contributed by atoms with Gasteiger partial charge in [-0.3, -0.25) is 24.1 Å². The molecule has 3 aliphatic rings. The smallest absolute Gasteiger partial charge is 0.311 e. The molecule has 3 fully saturated rings. The zero-order chi connectivity index (χ0) is 18.1. The number of imide groups is 2. The van der Waals surface area contributed by atoms with Crippen LogP contribution in [-0.4, -0.2) is 64.2 Å². The molecule has 25 heavy (non-hydrogen) atoms. The molecule has 0 N–H and O–H groups in total. The van der Waals surface area contributed by atoms with Crippen molar-refractivity contribution in [3.05, 3.63) is 0 Å². The molecule has 0 bridgehead atoms. The summed E-state index contributed by atoms with van der Waals surface area (Å²) in [7, 11) is 0. The van der Waals surface area contributed by atoms with E-state index < -0.39 is 17.9 Å². The molecule has 9 heteroatoms. The van der Waals surface area contributed by atoms with E-state index in [0.29, 0.717) is 37.5 Å². The lowest BCUT2D eigenvalue weighted by Crippen LogP contribution is -2.45. The largest absolute Gasteiger partial charge is 0.434 e. The van der Waals surface area contributed by atoms with Crippen molar-refractivity contribution in [2.75, 3.05) is 19.6 Å². The monoisotopic (exact) mass is 351 g/mol. The first kappa shape index (κ1) is 17.4. The van der Waals surface area contributed by atoms with Crippen molar-refractivity contribution in [3.63, 3.8) is 0 Å². The van der Waals surface area contributed by atoms with E-state index in [1.54, 1.807) is 6.92 Å². The first-order valence-corrected chi connectivity index (χ1v) is 8.53. The SMILES string of the molecule is CC1CC(=O)N(CC2CCN(C(=O)ON3C(=O)CCC3=O)CC2)C1=O.